The number of carbonyl (C=O) groups is 1. The third kappa shape index (κ3) is 3.39. The van der Waals surface area contributed by atoms with Gasteiger partial charge in [-0.2, -0.15) is 0 Å². The van der Waals surface area contributed by atoms with Crippen molar-refractivity contribution in [2.45, 2.75) is 65.4 Å². The van der Waals surface area contributed by atoms with Crippen molar-refractivity contribution in [2.24, 2.45) is 5.41 Å². The number of fused-ring (bicyclic) bond motifs is 1. The minimum Gasteiger partial charge on any atom is -0.490 e. The summed E-state index contributed by atoms with van der Waals surface area (Å²) in [5.41, 5.74) is 1.80. The van der Waals surface area contributed by atoms with Crippen molar-refractivity contribution in [3.63, 3.8) is 0 Å². The van der Waals surface area contributed by atoms with Gasteiger partial charge in [-0.3, -0.25) is 4.79 Å². The van der Waals surface area contributed by atoms with E-state index in [1.807, 2.05) is 19.1 Å². The van der Waals surface area contributed by atoms with Crippen LogP contribution in [0.1, 0.15) is 57.1 Å². The third-order valence-corrected chi connectivity index (χ3v) is 4.71. The summed E-state index contributed by atoms with van der Waals surface area (Å²) in [4.78, 5) is 11.8. The second kappa shape index (κ2) is 6.50. The fourth-order valence-corrected chi connectivity index (χ4v) is 3.28. The van der Waals surface area contributed by atoms with Crippen LogP contribution in [0.25, 0.3) is 0 Å². The van der Waals surface area contributed by atoms with Gasteiger partial charge in [0.2, 0.25) is 0 Å². The van der Waals surface area contributed by atoms with E-state index >= 15 is 0 Å². The van der Waals surface area contributed by atoms with Gasteiger partial charge in [0.15, 0.2) is 0 Å². The first-order valence-corrected chi connectivity index (χ1v) is 8.00. The summed E-state index contributed by atoms with van der Waals surface area (Å²) < 4.78 is 5.99. The Balaban J connectivity index is 2.10. The molecule has 1 aliphatic rings. The number of carboxylic acid groups (broad SMARTS) is 1. The summed E-state index contributed by atoms with van der Waals surface area (Å²) in [7, 11) is 0. The molecule has 1 aromatic carbocycles. The molecule has 0 bridgehead atoms. The maximum Gasteiger partial charge on any atom is 0.309 e. The SMILES string of the molecule is CCCCC(CC)(CC1Cc2cc(C)ccc2O1)C(=O)O. The molecule has 0 spiro atoms. The number of benzene rings is 1. The third-order valence-electron chi connectivity index (χ3n) is 4.71. The predicted molar refractivity (Wildman–Crippen MR) is 83.8 cm³/mol. The van der Waals surface area contributed by atoms with E-state index in [4.69, 9.17) is 4.74 Å². The zero-order chi connectivity index (χ0) is 15.5. The fourth-order valence-electron chi connectivity index (χ4n) is 3.28. The molecule has 1 aliphatic heterocycles. The summed E-state index contributed by atoms with van der Waals surface area (Å²) in [6.07, 6.45) is 4.82. The summed E-state index contributed by atoms with van der Waals surface area (Å²) >= 11 is 0. The first-order chi connectivity index (χ1) is 10.0. The van der Waals surface area contributed by atoms with Crippen LogP contribution < -0.4 is 4.74 Å². The zero-order valence-electron chi connectivity index (χ0n) is 13.3. The molecule has 0 aromatic heterocycles. The van der Waals surface area contributed by atoms with Crippen molar-refractivity contribution >= 4 is 5.97 Å². The number of rotatable bonds is 7. The van der Waals surface area contributed by atoms with E-state index in [0.29, 0.717) is 12.8 Å². The van der Waals surface area contributed by atoms with E-state index in [0.717, 1.165) is 31.4 Å². The maximum atomic E-state index is 11.8. The van der Waals surface area contributed by atoms with Crippen LogP contribution in [0.15, 0.2) is 18.2 Å². The molecule has 0 saturated heterocycles. The number of unbranched alkanes of at least 4 members (excludes halogenated alkanes) is 1. The lowest BCUT2D eigenvalue weighted by Gasteiger charge is -2.30. The molecule has 3 nitrogen and oxygen atoms in total. The van der Waals surface area contributed by atoms with E-state index in [9.17, 15) is 9.90 Å². The van der Waals surface area contributed by atoms with Gasteiger partial charge in [0.05, 0.1) is 5.41 Å². The van der Waals surface area contributed by atoms with Crippen LogP contribution in [-0.4, -0.2) is 17.2 Å². The number of aliphatic carboxylic acids is 1. The number of hydrogen-bond donors (Lipinski definition) is 1. The molecule has 1 heterocycles. The van der Waals surface area contributed by atoms with Crippen LogP contribution in [-0.2, 0) is 11.2 Å². The summed E-state index contributed by atoms with van der Waals surface area (Å²) in [5, 5.41) is 9.72. The van der Waals surface area contributed by atoms with Crippen molar-refractivity contribution in [3.05, 3.63) is 29.3 Å². The first-order valence-electron chi connectivity index (χ1n) is 8.00. The second-order valence-electron chi connectivity index (χ2n) is 6.30. The Bertz CT molecular complexity index is 509. The number of carboxylic acids is 1. The Hall–Kier alpha value is -1.51. The van der Waals surface area contributed by atoms with Crippen LogP contribution in [0.2, 0.25) is 0 Å². The average molecular weight is 290 g/mol. The van der Waals surface area contributed by atoms with E-state index in [2.05, 4.69) is 19.9 Å². The lowest BCUT2D eigenvalue weighted by Crippen LogP contribution is -2.36. The highest BCUT2D eigenvalue weighted by atomic mass is 16.5. The molecule has 21 heavy (non-hydrogen) atoms. The molecule has 2 unspecified atom stereocenters. The highest BCUT2D eigenvalue weighted by molar-refractivity contribution is 5.74. The van der Waals surface area contributed by atoms with Crippen LogP contribution in [0.4, 0.5) is 0 Å². The van der Waals surface area contributed by atoms with Gasteiger partial charge in [-0.25, -0.2) is 0 Å². The van der Waals surface area contributed by atoms with Gasteiger partial charge in [0.25, 0.3) is 0 Å². The molecule has 2 rings (SSSR count). The normalized spacial score (nSPS) is 19.7. The Morgan fingerprint density at radius 1 is 1.43 bits per heavy atom. The Morgan fingerprint density at radius 2 is 2.19 bits per heavy atom. The van der Waals surface area contributed by atoms with Crippen molar-refractivity contribution in [2.75, 3.05) is 0 Å². The average Bonchev–Trinajstić information content (AvgIpc) is 2.84. The van der Waals surface area contributed by atoms with Crippen LogP contribution in [0, 0.1) is 12.3 Å². The lowest BCUT2D eigenvalue weighted by atomic mass is 9.75. The molecule has 2 atom stereocenters. The molecule has 3 heteroatoms. The second-order valence-corrected chi connectivity index (χ2v) is 6.30. The standard InChI is InChI=1S/C18H26O3/c1-4-6-9-18(5-2,17(19)20)12-15-11-14-10-13(3)7-8-16(14)21-15/h7-8,10,15H,4-6,9,11-12H2,1-3H3,(H,19,20). The topological polar surface area (TPSA) is 46.5 Å². The van der Waals surface area contributed by atoms with Gasteiger partial charge in [-0.1, -0.05) is 44.4 Å². The largest absolute Gasteiger partial charge is 0.490 e. The minimum atomic E-state index is -0.672. The number of hydrogen-bond acceptors (Lipinski definition) is 2. The zero-order valence-corrected chi connectivity index (χ0v) is 13.3. The predicted octanol–water partition coefficient (Wildman–Crippen LogP) is 4.36. The molecular weight excluding hydrogens is 264 g/mol. The van der Waals surface area contributed by atoms with Crippen molar-refractivity contribution < 1.29 is 14.6 Å². The van der Waals surface area contributed by atoms with E-state index < -0.39 is 11.4 Å². The van der Waals surface area contributed by atoms with Gasteiger partial charge in [-0.15, -0.1) is 0 Å². The van der Waals surface area contributed by atoms with Crippen molar-refractivity contribution in [3.8, 4) is 5.75 Å². The smallest absolute Gasteiger partial charge is 0.309 e. The monoisotopic (exact) mass is 290 g/mol. The van der Waals surface area contributed by atoms with Crippen LogP contribution in [0.5, 0.6) is 5.75 Å². The number of aryl methyl sites for hydroxylation is 1. The van der Waals surface area contributed by atoms with Gasteiger partial charge >= 0.3 is 5.97 Å². The molecular formula is C18H26O3. The molecule has 116 valence electrons. The molecule has 0 fully saturated rings. The highest BCUT2D eigenvalue weighted by Crippen LogP contribution is 2.39. The molecule has 0 amide bonds. The molecule has 1 aromatic rings. The summed E-state index contributed by atoms with van der Waals surface area (Å²) in [6, 6.07) is 6.20. The van der Waals surface area contributed by atoms with Gasteiger partial charge in [-0.05, 0) is 31.4 Å². The van der Waals surface area contributed by atoms with Crippen LogP contribution in [0.3, 0.4) is 0 Å². The minimum absolute atomic E-state index is 0.00490. The van der Waals surface area contributed by atoms with E-state index in [-0.39, 0.29) is 6.10 Å². The molecule has 1 N–H and O–H groups in total. The van der Waals surface area contributed by atoms with Gasteiger partial charge < -0.3 is 9.84 Å². The fraction of sp³-hybridized carbons (Fsp3) is 0.611. The molecule has 0 aliphatic carbocycles. The molecule has 0 radical (unpaired) electrons. The maximum absolute atomic E-state index is 11.8. The Kier molecular flexibility index (Phi) is 4.92. The molecule has 0 saturated carbocycles. The van der Waals surface area contributed by atoms with E-state index in [1.54, 1.807) is 0 Å². The van der Waals surface area contributed by atoms with Crippen LogP contribution >= 0.6 is 0 Å². The lowest BCUT2D eigenvalue weighted by molar-refractivity contribution is -0.151. The highest BCUT2D eigenvalue weighted by Gasteiger charge is 2.40. The Labute approximate surface area is 127 Å². The van der Waals surface area contributed by atoms with Gasteiger partial charge in [0.1, 0.15) is 11.9 Å². The van der Waals surface area contributed by atoms with E-state index in [1.165, 1.54) is 11.1 Å². The summed E-state index contributed by atoms with van der Waals surface area (Å²) in [6.45, 7) is 6.16. The summed E-state index contributed by atoms with van der Waals surface area (Å²) in [5.74, 6) is 0.255. The van der Waals surface area contributed by atoms with Crippen molar-refractivity contribution in [1.82, 2.24) is 0 Å². The number of ether oxygens (including phenoxy) is 1. The Morgan fingerprint density at radius 3 is 2.81 bits per heavy atom. The van der Waals surface area contributed by atoms with Gasteiger partial charge in [0, 0.05) is 12.8 Å². The quantitative estimate of drug-likeness (QED) is 0.811. The van der Waals surface area contributed by atoms with Crippen molar-refractivity contribution in [1.29, 1.82) is 0 Å². The first kappa shape index (κ1) is 15.9.